The van der Waals surface area contributed by atoms with Crippen LogP contribution in [0.5, 0.6) is 0 Å². The molecule has 0 radical (unpaired) electrons. The molecule has 0 saturated carbocycles. The van der Waals surface area contributed by atoms with Crippen molar-refractivity contribution in [2.24, 2.45) is 0 Å². The lowest BCUT2D eigenvalue weighted by Crippen LogP contribution is -2.43. The second kappa shape index (κ2) is 9.61. The third kappa shape index (κ3) is 5.50. The third-order valence-corrected chi connectivity index (χ3v) is 5.58. The van der Waals surface area contributed by atoms with E-state index in [0.29, 0.717) is 28.7 Å². The van der Waals surface area contributed by atoms with Gasteiger partial charge in [-0.25, -0.2) is 0 Å². The summed E-state index contributed by atoms with van der Waals surface area (Å²) < 4.78 is 0. The summed E-state index contributed by atoms with van der Waals surface area (Å²) in [6, 6.07) is 10.6. The zero-order valence-electron chi connectivity index (χ0n) is 16.6. The number of benzene rings is 2. The Kier molecular flexibility index (Phi) is 7.17. The van der Waals surface area contributed by atoms with Crippen LogP contribution in [0.25, 0.3) is 0 Å². The fourth-order valence-electron chi connectivity index (χ4n) is 3.73. The first kappa shape index (κ1) is 21.6. The first-order valence-corrected chi connectivity index (χ1v) is 10.5. The number of nitrogens with zero attached hydrogens (tertiary/aromatic N) is 1. The van der Waals surface area contributed by atoms with Crippen LogP contribution in [-0.4, -0.2) is 35.8 Å². The van der Waals surface area contributed by atoms with Gasteiger partial charge in [-0.15, -0.1) is 0 Å². The average molecular weight is 434 g/mol. The van der Waals surface area contributed by atoms with E-state index in [9.17, 15) is 9.59 Å². The smallest absolute Gasteiger partial charge is 0.241 e. The van der Waals surface area contributed by atoms with Gasteiger partial charge in [0.15, 0.2) is 0 Å². The lowest BCUT2D eigenvalue weighted by molar-refractivity contribution is -0.122. The fourth-order valence-corrected chi connectivity index (χ4v) is 4.26. The first-order valence-electron chi connectivity index (χ1n) is 9.76. The van der Waals surface area contributed by atoms with E-state index < -0.39 is 0 Å². The van der Waals surface area contributed by atoms with Crippen LogP contribution in [-0.2, 0) is 16.0 Å². The number of carbonyl (C=O) groups is 2. The molecule has 0 bridgehead atoms. The van der Waals surface area contributed by atoms with Crippen molar-refractivity contribution < 1.29 is 9.59 Å². The molecule has 1 atom stereocenters. The SMILES string of the molecule is CCc1cccc(C)c1NC(=O)CN1CCCC1C(=O)Nc1cc(Cl)cc(Cl)c1. The van der Waals surface area contributed by atoms with E-state index in [1.165, 1.54) is 0 Å². The zero-order valence-corrected chi connectivity index (χ0v) is 18.1. The summed E-state index contributed by atoms with van der Waals surface area (Å²) in [7, 11) is 0. The molecule has 2 N–H and O–H groups in total. The predicted octanol–water partition coefficient (Wildman–Crippen LogP) is 4.91. The van der Waals surface area contributed by atoms with Gasteiger partial charge in [0.2, 0.25) is 11.8 Å². The Hall–Kier alpha value is -2.08. The van der Waals surface area contributed by atoms with Crippen molar-refractivity contribution in [3.05, 3.63) is 57.6 Å². The van der Waals surface area contributed by atoms with Crippen molar-refractivity contribution in [3.63, 3.8) is 0 Å². The molecule has 2 aromatic carbocycles. The molecule has 1 heterocycles. The summed E-state index contributed by atoms with van der Waals surface area (Å²) in [4.78, 5) is 27.4. The Bertz CT molecular complexity index is 897. The molecule has 3 rings (SSSR count). The van der Waals surface area contributed by atoms with Crippen LogP contribution >= 0.6 is 23.2 Å². The maximum Gasteiger partial charge on any atom is 0.241 e. The van der Waals surface area contributed by atoms with Crippen molar-refractivity contribution in [2.75, 3.05) is 23.7 Å². The van der Waals surface area contributed by atoms with Crippen LogP contribution in [0.4, 0.5) is 11.4 Å². The summed E-state index contributed by atoms with van der Waals surface area (Å²) in [6.07, 6.45) is 2.42. The minimum absolute atomic E-state index is 0.112. The van der Waals surface area contributed by atoms with Gasteiger partial charge in [0, 0.05) is 21.4 Å². The van der Waals surface area contributed by atoms with Crippen molar-refractivity contribution in [1.82, 2.24) is 4.90 Å². The van der Waals surface area contributed by atoms with E-state index in [1.54, 1.807) is 18.2 Å². The van der Waals surface area contributed by atoms with E-state index >= 15 is 0 Å². The zero-order chi connectivity index (χ0) is 21.0. The number of hydrogen-bond donors (Lipinski definition) is 2. The molecular weight excluding hydrogens is 409 g/mol. The Morgan fingerprint density at radius 2 is 1.86 bits per heavy atom. The van der Waals surface area contributed by atoms with Crippen molar-refractivity contribution in [2.45, 2.75) is 39.2 Å². The largest absolute Gasteiger partial charge is 0.325 e. The van der Waals surface area contributed by atoms with Crippen LogP contribution < -0.4 is 10.6 Å². The maximum absolute atomic E-state index is 12.8. The highest BCUT2D eigenvalue weighted by Gasteiger charge is 2.32. The van der Waals surface area contributed by atoms with Crippen molar-refractivity contribution >= 4 is 46.4 Å². The van der Waals surface area contributed by atoms with Gasteiger partial charge < -0.3 is 10.6 Å². The topological polar surface area (TPSA) is 61.4 Å². The summed E-state index contributed by atoms with van der Waals surface area (Å²) in [5, 5.41) is 6.82. The minimum atomic E-state index is -0.360. The quantitative estimate of drug-likeness (QED) is 0.680. The number of rotatable bonds is 6. The molecule has 5 nitrogen and oxygen atoms in total. The lowest BCUT2D eigenvalue weighted by atomic mass is 10.1. The number of nitrogens with one attached hydrogen (secondary N) is 2. The third-order valence-electron chi connectivity index (χ3n) is 5.15. The Morgan fingerprint density at radius 1 is 1.14 bits per heavy atom. The summed E-state index contributed by atoms with van der Waals surface area (Å²) >= 11 is 12.0. The number of hydrogen-bond acceptors (Lipinski definition) is 3. The highest BCUT2D eigenvalue weighted by atomic mass is 35.5. The monoisotopic (exact) mass is 433 g/mol. The van der Waals surface area contributed by atoms with Gasteiger partial charge in [-0.3, -0.25) is 14.5 Å². The van der Waals surface area contributed by atoms with Gasteiger partial charge >= 0.3 is 0 Å². The molecule has 0 spiro atoms. The molecule has 7 heteroatoms. The Morgan fingerprint density at radius 3 is 2.55 bits per heavy atom. The second-order valence-electron chi connectivity index (χ2n) is 7.29. The average Bonchev–Trinajstić information content (AvgIpc) is 3.10. The van der Waals surface area contributed by atoms with E-state index in [1.807, 2.05) is 30.0 Å². The van der Waals surface area contributed by atoms with Crippen LogP contribution in [0.1, 0.15) is 30.9 Å². The lowest BCUT2D eigenvalue weighted by Gasteiger charge is -2.23. The number of anilines is 2. The summed E-state index contributed by atoms with van der Waals surface area (Å²) in [5.74, 6) is -0.265. The molecule has 0 aromatic heterocycles. The number of carbonyl (C=O) groups excluding carboxylic acids is 2. The molecule has 1 saturated heterocycles. The fraction of sp³-hybridized carbons (Fsp3) is 0.364. The van der Waals surface area contributed by atoms with Gasteiger partial charge in [0.1, 0.15) is 0 Å². The van der Waals surface area contributed by atoms with Gasteiger partial charge in [0.05, 0.1) is 12.6 Å². The van der Waals surface area contributed by atoms with Gasteiger partial charge in [0.25, 0.3) is 0 Å². The maximum atomic E-state index is 12.8. The Balaban J connectivity index is 1.64. The van der Waals surface area contributed by atoms with Crippen LogP contribution in [0, 0.1) is 6.92 Å². The van der Waals surface area contributed by atoms with Crippen molar-refractivity contribution in [1.29, 1.82) is 0 Å². The van der Waals surface area contributed by atoms with Gasteiger partial charge in [-0.2, -0.15) is 0 Å². The second-order valence-corrected chi connectivity index (χ2v) is 8.16. The Labute approximate surface area is 181 Å². The van der Waals surface area contributed by atoms with Crippen LogP contribution in [0.3, 0.4) is 0 Å². The van der Waals surface area contributed by atoms with E-state index in [-0.39, 0.29) is 24.4 Å². The van der Waals surface area contributed by atoms with Crippen LogP contribution in [0.2, 0.25) is 10.0 Å². The molecule has 1 aliphatic rings. The van der Waals surface area contributed by atoms with Crippen LogP contribution in [0.15, 0.2) is 36.4 Å². The van der Waals surface area contributed by atoms with E-state index in [0.717, 1.165) is 29.7 Å². The van der Waals surface area contributed by atoms with E-state index in [2.05, 4.69) is 17.6 Å². The molecule has 2 amide bonds. The molecule has 1 unspecified atom stereocenters. The van der Waals surface area contributed by atoms with E-state index in [4.69, 9.17) is 23.2 Å². The number of amides is 2. The molecular formula is C22H25Cl2N3O2. The molecule has 1 fully saturated rings. The number of halogens is 2. The molecule has 0 aliphatic carbocycles. The minimum Gasteiger partial charge on any atom is -0.325 e. The summed E-state index contributed by atoms with van der Waals surface area (Å²) in [5.41, 5.74) is 3.56. The number of para-hydroxylation sites is 1. The number of aryl methyl sites for hydroxylation is 2. The predicted molar refractivity (Wildman–Crippen MR) is 119 cm³/mol. The number of likely N-dealkylation sites (tertiary alicyclic amines) is 1. The molecule has 29 heavy (non-hydrogen) atoms. The highest BCUT2D eigenvalue weighted by Crippen LogP contribution is 2.25. The van der Waals surface area contributed by atoms with Crippen molar-refractivity contribution in [3.8, 4) is 0 Å². The standard InChI is InChI=1S/C22H25Cl2N3O2/c1-3-15-7-4-6-14(2)21(15)26-20(28)13-27-9-5-8-19(27)22(29)25-18-11-16(23)10-17(24)12-18/h4,6-7,10-12,19H,3,5,8-9,13H2,1-2H3,(H,25,29)(H,26,28). The summed E-state index contributed by atoms with van der Waals surface area (Å²) in [6.45, 7) is 4.92. The first-order chi connectivity index (χ1) is 13.9. The molecule has 2 aromatic rings. The van der Waals surface area contributed by atoms with Gasteiger partial charge in [-0.1, -0.05) is 48.3 Å². The van der Waals surface area contributed by atoms with Gasteiger partial charge in [-0.05, 0) is 62.1 Å². The molecule has 154 valence electrons. The highest BCUT2D eigenvalue weighted by molar-refractivity contribution is 6.35. The molecule has 1 aliphatic heterocycles. The normalized spacial score (nSPS) is 16.6.